The molecule has 0 bridgehead atoms. The normalized spacial score (nSPS) is 11.3. The van der Waals surface area contributed by atoms with Crippen LogP contribution in [0, 0.1) is 65.2 Å². The zero-order valence-corrected chi connectivity index (χ0v) is 52.2. The van der Waals surface area contributed by atoms with Crippen LogP contribution in [0.2, 0.25) is 0 Å². The summed E-state index contributed by atoms with van der Waals surface area (Å²) in [6.45, 7) is 14.0. The minimum absolute atomic E-state index is 0.0132. The first-order valence-electron chi connectivity index (χ1n) is 28.7. The van der Waals surface area contributed by atoms with Crippen LogP contribution in [0.5, 0.6) is 34.5 Å². The van der Waals surface area contributed by atoms with Gasteiger partial charge in [-0.05, 0) is 233 Å². The number of nitro groups is 3. The molecule has 0 saturated heterocycles. The average Bonchev–Trinajstić information content (AvgIpc) is 1.74. The lowest BCUT2D eigenvalue weighted by Gasteiger charge is -2.18. The fourth-order valence-electron chi connectivity index (χ4n) is 8.31. The number of imidazole rings is 1. The Labute approximate surface area is 532 Å². The average molecular weight is 1300 g/mol. The highest BCUT2D eigenvalue weighted by Crippen LogP contribution is 2.32. The molecular weight excluding hydrogens is 1220 g/mol. The number of fused-ring (bicyclic) bond motifs is 1. The first-order valence-corrected chi connectivity index (χ1v) is 28.7. The Kier molecular flexibility index (Phi) is 26.1. The van der Waals surface area contributed by atoms with E-state index in [4.69, 9.17) is 19.9 Å². The molecular formula is C68H72F6N6O13. The third-order valence-corrected chi connectivity index (χ3v) is 13.0. The Morgan fingerprint density at radius 2 is 0.753 bits per heavy atom. The van der Waals surface area contributed by atoms with Crippen LogP contribution in [0.15, 0.2) is 170 Å². The van der Waals surface area contributed by atoms with Gasteiger partial charge in [0.25, 0.3) is 11.4 Å². The van der Waals surface area contributed by atoms with E-state index in [1.165, 1.54) is 60.7 Å². The number of aliphatic hydroxyl groups is 4. The number of nitrogen functional groups attached to an aromatic ring is 1. The number of aromatic nitrogens is 2. The monoisotopic (exact) mass is 1290 g/mol. The summed E-state index contributed by atoms with van der Waals surface area (Å²) >= 11 is 0. The van der Waals surface area contributed by atoms with Gasteiger partial charge in [-0.15, -0.1) is 0 Å². The Morgan fingerprint density at radius 1 is 0.419 bits per heavy atom. The van der Waals surface area contributed by atoms with Gasteiger partial charge in [-0.3, -0.25) is 30.3 Å². The smallest absolute Gasteiger partial charge is 0.304 e. The summed E-state index contributed by atoms with van der Waals surface area (Å²) in [5.74, 6) is -0.188. The van der Waals surface area contributed by atoms with Crippen molar-refractivity contribution in [2.24, 2.45) is 0 Å². The number of benzene rings is 8. The molecule has 0 aliphatic heterocycles. The largest absolute Gasteiger partial charge is 0.457 e. The second-order valence-corrected chi connectivity index (χ2v) is 23.7. The van der Waals surface area contributed by atoms with E-state index in [-0.39, 0.29) is 35.2 Å². The van der Waals surface area contributed by atoms with Crippen molar-refractivity contribution >= 4 is 33.8 Å². The van der Waals surface area contributed by atoms with Crippen LogP contribution in [0.1, 0.15) is 91.3 Å². The van der Waals surface area contributed by atoms with Crippen molar-refractivity contribution in [3.05, 3.63) is 252 Å². The van der Waals surface area contributed by atoms with E-state index in [9.17, 15) is 77.1 Å². The summed E-state index contributed by atoms with van der Waals surface area (Å²) in [5, 5.41) is 70.8. The molecule has 9 rings (SSSR count). The third-order valence-electron chi connectivity index (χ3n) is 13.0. The lowest BCUT2D eigenvalue weighted by Crippen LogP contribution is -2.25. The zero-order valence-electron chi connectivity index (χ0n) is 52.2. The molecule has 0 spiro atoms. The second kappa shape index (κ2) is 32.9. The van der Waals surface area contributed by atoms with E-state index in [1.807, 2.05) is 28.8 Å². The van der Waals surface area contributed by atoms with Crippen LogP contribution in [-0.2, 0) is 25.8 Å². The summed E-state index contributed by atoms with van der Waals surface area (Å²) in [5.41, 5.74) is 5.81. The molecule has 0 saturated carbocycles. The highest BCUT2D eigenvalue weighted by molar-refractivity contribution is 5.77. The number of nitrogens with two attached hydrogens (primary N) is 1. The number of aryl methyl sites for hydroxylation is 3. The van der Waals surface area contributed by atoms with Gasteiger partial charge in [0.1, 0.15) is 63.6 Å². The van der Waals surface area contributed by atoms with Gasteiger partial charge in [-0.1, -0.05) is 0 Å². The molecule has 0 unspecified atom stereocenters. The molecule has 0 radical (unpaired) electrons. The van der Waals surface area contributed by atoms with Gasteiger partial charge in [-0.25, -0.2) is 26.9 Å². The third kappa shape index (κ3) is 26.4. The highest BCUT2D eigenvalue weighted by Gasteiger charge is 2.22. The standard InChI is InChI=1S/C17H17FN2O2.C17H18FNO4.C17H20FNO2.C11H14FNO3.C6H3F2NO2/c1-17(2,21)10-20-11-19-15-8-7-14(9-16(15)20)22-13-5-3-12(18)4-6-13;1-17(2,20)10-9-12-11-15(7-8-16(12)19(21)22)23-14-5-3-13(18)4-6-14;1-17(2,20)10-9-12-11-15(7-8-16(12)19)21-14-5-3-13(18)4-6-14;1-11(2,14)6-5-8-7-9(12)3-4-10(8)13(15)16;7-4-1-2-6(9(10)11)5(8)3-4/h3-9,11,21H,10H2,1-2H3;3-8,11,20H,9-10H2,1-2H3;3-8,11,20H,9-10,19H2,1-2H3;3-4,7,14H,5-6H2,1-2H3;1-3H. The van der Waals surface area contributed by atoms with Crippen molar-refractivity contribution in [1.82, 2.24) is 9.55 Å². The molecule has 8 aromatic carbocycles. The fourth-order valence-corrected chi connectivity index (χ4v) is 8.31. The van der Waals surface area contributed by atoms with Gasteiger partial charge in [0.05, 0.1) is 61.1 Å². The summed E-state index contributed by atoms with van der Waals surface area (Å²) in [6.07, 6.45) is 4.32. The molecule has 9 aromatic rings. The van der Waals surface area contributed by atoms with Crippen molar-refractivity contribution in [2.45, 2.75) is 123 Å². The van der Waals surface area contributed by atoms with E-state index >= 15 is 0 Å². The zero-order chi connectivity index (χ0) is 69.0. The molecule has 0 aliphatic carbocycles. The number of nitrogens with zero attached hydrogens (tertiary/aromatic N) is 5. The minimum Gasteiger partial charge on any atom is -0.457 e. The van der Waals surface area contributed by atoms with Gasteiger partial charge in [0.15, 0.2) is 0 Å². The number of ether oxygens (including phenoxy) is 3. The predicted octanol–water partition coefficient (Wildman–Crippen LogP) is 16.2. The van der Waals surface area contributed by atoms with Crippen molar-refractivity contribution in [3.8, 4) is 34.5 Å². The van der Waals surface area contributed by atoms with Crippen molar-refractivity contribution in [1.29, 1.82) is 0 Å². The van der Waals surface area contributed by atoms with E-state index in [1.54, 1.807) is 104 Å². The van der Waals surface area contributed by atoms with Crippen molar-refractivity contribution in [2.75, 3.05) is 5.73 Å². The maximum absolute atomic E-state index is 12.9. The van der Waals surface area contributed by atoms with Gasteiger partial charge in [-0.2, -0.15) is 4.39 Å². The lowest BCUT2D eigenvalue weighted by atomic mass is 9.98. The maximum atomic E-state index is 12.9. The highest BCUT2D eigenvalue weighted by atomic mass is 19.1. The second-order valence-electron chi connectivity index (χ2n) is 23.7. The molecule has 25 heteroatoms. The quantitative estimate of drug-likeness (QED) is 0.0205. The molecule has 1 heterocycles. The molecule has 0 aliphatic rings. The van der Waals surface area contributed by atoms with Crippen LogP contribution in [0.25, 0.3) is 11.0 Å². The topological polar surface area (TPSA) is 282 Å². The summed E-state index contributed by atoms with van der Waals surface area (Å²) in [4.78, 5) is 34.2. The van der Waals surface area contributed by atoms with E-state index in [0.717, 1.165) is 46.9 Å². The SMILES string of the molecule is CC(C)(O)CCc1cc(F)ccc1[N+](=O)[O-].CC(C)(O)CCc1cc(Oc2ccc(F)cc2)ccc1N.CC(C)(O)CCc1cc(Oc2ccc(F)cc2)ccc1[N+](=O)[O-].CC(C)(O)Cn1cnc2ccc(Oc3ccc(F)cc3)cc21.O=[N+]([O-])c1ccc(F)cc1F. The number of hydrogen-bond donors (Lipinski definition) is 5. The Balaban J connectivity index is 0.000000215. The number of nitro benzene ring substituents is 3. The number of anilines is 1. The predicted molar refractivity (Wildman–Crippen MR) is 339 cm³/mol. The van der Waals surface area contributed by atoms with E-state index < -0.39 is 60.3 Å². The van der Waals surface area contributed by atoms with E-state index in [2.05, 4.69) is 4.98 Å². The maximum Gasteiger partial charge on any atom is 0.304 e. The minimum atomic E-state index is -1.16. The molecule has 6 N–H and O–H groups in total. The Hall–Kier alpha value is -9.95. The van der Waals surface area contributed by atoms with Crippen LogP contribution < -0.4 is 19.9 Å². The van der Waals surface area contributed by atoms with Crippen molar-refractivity contribution in [3.63, 3.8) is 0 Å². The first kappa shape index (κ1) is 73.8. The molecule has 19 nitrogen and oxygen atoms in total. The Bertz CT molecular complexity index is 3940. The number of halogens is 6. The summed E-state index contributed by atoms with van der Waals surface area (Å²) in [7, 11) is 0. The summed E-state index contributed by atoms with van der Waals surface area (Å²) in [6, 6.07) is 38.0. The van der Waals surface area contributed by atoms with Crippen LogP contribution in [0.4, 0.5) is 49.1 Å². The molecule has 0 atom stereocenters. The lowest BCUT2D eigenvalue weighted by molar-refractivity contribution is -0.387. The number of rotatable bonds is 20. The molecule has 0 fully saturated rings. The van der Waals surface area contributed by atoms with Gasteiger partial charge < -0.3 is 44.9 Å². The molecule has 494 valence electrons. The number of hydrogen-bond acceptors (Lipinski definition) is 15. The van der Waals surface area contributed by atoms with Crippen LogP contribution in [0.3, 0.4) is 0 Å². The molecule has 0 amide bonds. The summed E-state index contributed by atoms with van der Waals surface area (Å²) < 4.78 is 95.0. The molecule has 93 heavy (non-hydrogen) atoms. The van der Waals surface area contributed by atoms with Gasteiger partial charge >= 0.3 is 5.69 Å². The molecule has 1 aromatic heterocycles. The fraction of sp³-hybridized carbons (Fsp3) is 0.279. The van der Waals surface area contributed by atoms with Crippen LogP contribution >= 0.6 is 0 Å². The van der Waals surface area contributed by atoms with E-state index in [0.29, 0.717) is 96.0 Å². The van der Waals surface area contributed by atoms with Crippen molar-refractivity contribution < 1.29 is 75.7 Å². The first-order chi connectivity index (χ1) is 43.4. The van der Waals surface area contributed by atoms with Crippen LogP contribution in [-0.4, -0.2) is 67.2 Å². The van der Waals surface area contributed by atoms with Gasteiger partial charge in [0, 0.05) is 47.1 Å². The Morgan fingerprint density at radius 3 is 1.16 bits per heavy atom. The van der Waals surface area contributed by atoms with Gasteiger partial charge in [0.2, 0.25) is 5.82 Å².